The third kappa shape index (κ3) is 3.72. The summed E-state index contributed by atoms with van der Waals surface area (Å²) in [5, 5.41) is 0. The molecular weight excluding hydrogens is 296 g/mol. The van der Waals surface area contributed by atoms with Gasteiger partial charge >= 0.3 is 5.97 Å². The fourth-order valence-corrected chi connectivity index (χ4v) is 2.93. The highest BCUT2D eigenvalue weighted by Gasteiger charge is 2.15. The number of benzene rings is 3. The number of hydrogen-bond acceptors (Lipinski definition) is 2. The number of carbonyl (C=O) groups excluding carboxylic acids is 1. The lowest BCUT2D eigenvalue weighted by molar-refractivity contribution is 0.0600. The third-order valence-corrected chi connectivity index (χ3v) is 4.22. The van der Waals surface area contributed by atoms with E-state index in [0.29, 0.717) is 5.56 Å². The molecule has 0 aliphatic heterocycles. The quantitative estimate of drug-likeness (QED) is 0.629. The normalized spacial score (nSPS) is 11.7. The second-order valence-electron chi connectivity index (χ2n) is 5.77. The van der Waals surface area contributed by atoms with Gasteiger partial charge in [-0.15, -0.1) is 0 Å². The van der Waals surface area contributed by atoms with Crippen molar-refractivity contribution < 1.29 is 9.53 Å². The molecule has 0 bridgehead atoms. The lowest BCUT2D eigenvalue weighted by atomic mass is 9.85. The van der Waals surface area contributed by atoms with Crippen LogP contribution in [0.15, 0.2) is 84.9 Å². The molecule has 0 saturated carbocycles. The summed E-state index contributed by atoms with van der Waals surface area (Å²) in [5.41, 5.74) is 4.33. The molecule has 0 aromatic heterocycles. The van der Waals surface area contributed by atoms with E-state index in [2.05, 4.69) is 48.5 Å². The molecule has 0 heterocycles. The van der Waals surface area contributed by atoms with Gasteiger partial charge < -0.3 is 4.74 Å². The zero-order valence-corrected chi connectivity index (χ0v) is 13.7. The average molecular weight is 316 g/mol. The Balaban J connectivity index is 1.94. The Labute approximate surface area is 142 Å². The van der Waals surface area contributed by atoms with Gasteiger partial charge in [0.15, 0.2) is 0 Å². The molecular formula is C22H20O2. The highest BCUT2D eigenvalue weighted by molar-refractivity contribution is 5.89. The predicted octanol–water partition coefficient (Wildman–Crippen LogP) is 4.85. The molecule has 0 saturated heterocycles. The van der Waals surface area contributed by atoms with Gasteiger partial charge in [-0.1, -0.05) is 72.8 Å². The minimum atomic E-state index is -0.305. The first kappa shape index (κ1) is 16.0. The van der Waals surface area contributed by atoms with Gasteiger partial charge in [0.1, 0.15) is 0 Å². The van der Waals surface area contributed by atoms with Crippen molar-refractivity contribution in [3.8, 4) is 0 Å². The standard InChI is InChI=1S/C22H20O2/c1-24-22(23)20-14-12-19(13-15-20)21(18-10-6-3-7-11-18)16-17-8-4-2-5-9-17/h2-15,21H,16H2,1H3/t21-/m1/s1. The van der Waals surface area contributed by atoms with Gasteiger partial charge in [-0.25, -0.2) is 4.79 Å². The highest BCUT2D eigenvalue weighted by atomic mass is 16.5. The van der Waals surface area contributed by atoms with Crippen LogP contribution in [0.2, 0.25) is 0 Å². The smallest absolute Gasteiger partial charge is 0.337 e. The van der Waals surface area contributed by atoms with Crippen LogP contribution in [0, 0.1) is 0 Å². The van der Waals surface area contributed by atoms with E-state index in [1.807, 2.05) is 36.4 Å². The lowest BCUT2D eigenvalue weighted by Gasteiger charge is -2.18. The van der Waals surface area contributed by atoms with E-state index in [4.69, 9.17) is 4.74 Å². The number of methoxy groups -OCH3 is 1. The van der Waals surface area contributed by atoms with Gasteiger partial charge in [-0.3, -0.25) is 0 Å². The maximum atomic E-state index is 11.6. The third-order valence-electron chi connectivity index (χ3n) is 4.22. The van der Waals surface area contributed by atoms with Crippen LogP contribution >= 0.6 is 0 Å². The molecule has 120 valence electrons. The maximum absolute atomic E-state index is 11.6. The molecule has 2 heteroatoms. The first-order valence-corrected chi connectivity index (χ1v) is 8.05. The molecule has 0 aliphatic carbocycles. The van der Waals surface area contributed by atoms with Crippen molar-refractivity contribution >= 4 is 5.97 Å². The van der Waals surface area contributed by atoms with Crippen molar-refractivity contribution in [3.63, 3.8) is 0 Å². The summed E-state index contributed by atoms with van der Waals surface area (Å²) in [6, 6.07) is 28.7. The van der Waals surface area contributed by atoms with E-state index in [0.717, 1.165) is 6.42 Å². The van der Waals surface area contributed by atoms with Crippen molar-refractivity contribution in [1.82, 2.24) is 0 Å². The Morgan fingerprint density at radius 1 is 0.792 bits per heavy atom. The van der Waals surface area contributed by atoms with Crippen molar-refractivity contribution in [2.24, 2.45) is 0 Å². The summed E-state index contributed by atoms with van der Waals surface area (Å²) >= 11 is 0. The van der Waals surface area contributed by atoms with Crippen LogP contribution in [-0.2, 0) is 11.2 Å². The summed E-state index contributed by atoms with van der Waals surface area (Å²) in [5.74, 6) is -0.0545. The van der Waals surface area contributed by atoms with Gasteiger partial charge in [0.05, 0.1) is 12.7 Å². The number of hydrogen-bond donors (Lipinski definition) is 0. The molecule has 24 heavy (non-hydrogen) atoms. The number of ether oxygens (including phenoxy) is 1. The second kappa shape index (κ2) is 7.60. The summed E-state index contributed by atoms with van der Waals surface area (Å²) in [6.45, 7) is 0. The van der Waals surface area contributed by atoms with Crippen LogP contribution in [0.5, 0.6) is 0 Å². The van der Waals surface area contributed by atoms with Crippen molar-refractivity contribution in [2.75, 3.05) is 7.11 Å². The fourth-order valence-electron chi connectivity index (χ4n) is 2.93. The van der Waals surface area contributed by atoms with E-state index in [9.17, 15) is 4.79 Å². The number of esters is 1. The first-order chi connectivity index (χ1) is 11.8. The molecule has 0 spiro atoms. The topological polar surface area (TPSA) is 26.3 Å². The fraction of sp³-hybridized carbons (Fsp3) is 0.136. The van der Waals surface area contributed by atoms with Gasteiger partial charge in [0.2, 0.25) is 0 Å². The molecule has 3 aromatic carbocycles. The monoisotopic (exact) mass is 316 g/mol. The summed E-state index contributed by atoms with van der Waals surface area (Å²) in [7, 11) is 1.40. The minimum Gasteiger partial charge on any atom is -0.465 e. The SMILES string of the molecule is COC(=O)c1ccc([C@H](Cc2ccccc2)c2ccccc2)cc1. The summed E-state index contributed by atoms with van der Waals surface area (Å²) < 4.78 is 4.78. The van der Waals surface area contributed by atoms with Crippen molar-refractivity contribution in [2.45, 2.75) is 12.3 Å². The lowest BCUT2D eigenvalue weighted by Crippen LogP contribution is -2.06. The molecule has 2 nitrogen and oxygen atoms in total. The van der Waals surface area contributed by atoms with Crippen LogP contribution in [0.4, 0.5) is 0 Å². The highest BCUT2D eigenvalue weighted by Crippen LogP contribution is 2.28. The van der Waals surface area contributed by atoms with Crippen molar-refractivity contribution in [3.05, 3.63) is 107 Å². The van der Waals surface area contributed by atoms with Crippen molar-refractivity contribution in [1.29, 1.82) is 0 Å². The van der Waals surface area contributed by atoms with Crippen LogP contribution < -0.4 is 0 Å². The Hall–Kier alpha value is -2.87. The van der Waals surface area contributed by atoms with E-state index in [-0.39, 0.29) is 11.9 Å². The second-order valence-corrected chi connectivity index (χ2v) is 5.77. The van der Waals surface area contributed by atoms with E-state index in [1.54, 1.807) is 0 Å². The zero-order valence-electron chi connectivity index (χ0n) is 13.7. The average Bonchev–Trinajstić information content (AvgIpc) is 2.67. The predicted molar refractivity (Wildman–Crippen MR) is 96.2 cm³/mol. The van der Waals surface area contributed by atoms with Gasteiger partial charge in [-0.05, 0) is 35.2 Å². The maximum Gasteiger partial charge on any atom is 0.337 e. The number of rotatable bonds is 5. The largest absolute Gasteiger partial charge is 0.465 e. The molecule has 0 amide bonds. The molecule has 3 aromatic rings. The Morgan fingerprint density at radius 2 is 1.33 bits per heavy atom. The van der Waals surface area contributed by atoms with Gasteiger partial charge in [-0.2, -0.15) is 0 Å². The molecule has 1 atom stereocenters. The first-order valence-electron chi connectivity index (χ1n) is 8.05. The van der Waals surface area contributed by atoms with E-state index < -0.39 is 0 Å². The summed E-state index contributed by atoms with van der Waals surface area (Å²) in [4.78, 5) is 11.6. The molecule has 0 aliphatic rings. The Kier molecular flexibility index (Phi) is 5.07. The summed E-state index contributed by atoms with van der Waals surface area (Å²) in [6.07, 6.45) is 0.919. The minimum absolute atomic E-state index is 0.250. The molecule has 0 fully saturated rings. The Morgan fingerprint density at radius 3 is 1.92 bits per heavy atom. The van der Waals surface area contributed by atoms with E-state index in [1.165, 1.54) is 23.8 Å². The number of carbonyl (C=O) groups is 1. The molecule has 0 unspecified atom stereocenters. The zero-order chi connectivity index (χ0) is 16.8. The van der Waals surface area contributed by atoms with Crippen LogP contribution in [0.25, 0.3) is 0 Å². The van der Waals surface area contributed by atoms with Crippen LogP contribution in [0.1, 0.15) is 33.0 Å². The van der Waals surface area contributed by atoms with E-state index >= 15 is 0 Å². The molecule has 0 radical (unpaired) electrons. The Bertz CT molecular complexity index is 777. The van der Waals surface area contributed by atoms with Crippen LogP contribution in [-0.4, -0.2) is 13.1 Å². The molecule has 0 N–H and O–H groups in total. The van der Waals surface area contributed by atoms with Gasteiger partial charge in [0, 0.05) is 5.92 Å². The van der Waals surface area contributed by atoms with Gasteiger partial charge in [0.25, 0.3) is 0 Å². The molecule has 3 rings (SSSR count). The van der Waals surface area contributed by atoms with Crippen LogP contribution in [0.3, 0.4) is 0 Å².